The van der Waals surface area contributed by atoms with Crippen LogP contribution in [0.25, 0.3) is 0 Å². The number of aromatic nitrogens is 1. The highest BCUT2D eigenvalue weighted by atomic mass is 32.1. The van der Waals surface area contributed by atoms with Gasteiger partial charge in [0.2, 0.25) is 0 Å². The Bertz CT molecular complexity index is 278. The minimum absolute atomic E-state index is 0.316. The predicted molar refractivity (Wildman–Crippen MR) is 57.3 cm³/mol. The van der Waals surface area contributed by atoms with Crippen LogP contribution in [0, 0.1) is 5.92 Å². The Morgan fingerprint density at radius 1 is 1.71 bits per heavy atom. The van der Waals surface area contributed by atoms with Crippen molar-refractivity contribution in [2.45, 2.75) is 25.4 Å². The summed E-state index contributed by atoms with van der Waals surface area (Å²) >= 11 is 1.40. The summed E-state index contributed by atoms with van der Waals surface area (Å²) in [5.74, 6) is 0.316. The maximum Gasteiger partial charge on any atom is 0.102 e. The number of hydrogen-bond acceptors (Lipinski definition) is 4. The maximum absolute atomic E-state index is 10.4. The average Bonchev–Trinajstić information content (AvgIpc) is 2.72. The molecule has 0 bridgehead atoms. The number of rotatable bonds is 2. The fourth-order valence-corrected chi connectivity index (χ4v) is 2.72. The van der Waals surface area contributed by atoms with Gasteiger partial charge in [-0.25, -0.2) is 4.37 Å². The van der Waals surface area contributed by atoms with Gasteiger partial charge in [-0.05, 0) is 43.9 Å². The molecule has 1 aromatic rings. The van der Waals surface area contributed by atoms with Crippen LogP contribution in [-0.4, -0.2) is 22.6 Å². The Kier molecular flexibility index (Phi) is 2.85. The summed E-state index contributed by atoms with van der Waals surface area (Å²) in [5.41, 5.74) is -0.714. The van der Waals surface area contributed by atoms with Crippen molar-refractivity contribution in [2.24, 2.45) is 5.92 Å². The van der Waals surface area contributed by atoms with Crippen LogP contribution < -0.4 is 5.32 Å². The van der Waals surface area contributed by atoms with Gasteiger partial charge in [-0.1, -0.05) is 0 Å². The first-order chi connectivity index (χ1) is 6.71. The zero-order valence-electron chi connectivity index (χ0n) is 8.36. The fraction of sp³-hybridized carbons (Fsp3) is 0.700. The smallest absolute Gasteiger partial charge is 0.102 e. The molecule has 2 rings (SSSR count). The monoisotopic (exact) mass is 212 g/mol. The van der Waals surface area contributed by atoms with Gasteiger partial charge in [0.15, 0.2) is 0 Å². The van der Waals surface area contributed by atoms with E-state index in [1.165, 1.54) is 11.5 Å². The van der Waals surface area contributed by atoms with E-state index in [4.69, 9.17) is 0 Å². The zero-order chi connectivity index (χ0) is 10.0. The molecule has 0 aromatic carbocycles. The molecule has 78 valence electrons. The van der Waals surface area contributed by atoms with Crippen molar-refractivity contribution >= 4 is 11.5 Å². The molecule has 1 aromatic heterocycles. The number of aliphatic hydroxyl groups is 1. The number of hydrogen-bond donors (Lipinski definition) is 2. The Labute approximate surface area is 88.3 Å². The van der Waals surface area contributed by atoms with Crippen LogP contribution in [0.1, 0.15) is 24.6 Å². The summed E-state index contributed by atoms with van der Waals surface area (Å²) in [4.78, 5) is 0.978. The second-order valence-electron chi connectivity index (χ2n) is 4.07. The highest BCUT2D eigenvalue weighted by Gasteiger charge is 2.35. The molecule has 2 unspecified atom stereocenters. The summed E-state index contributed by atoms with van der Waals surface area (Å²) < 4.78 is 4.04. The van der Waals surface area contributed by atoms with Crippen molar-refractivity contribution in [3.63, 3.8) is 0 Å². The summed E-state index contributed by atoms with van der Waals surface area (Å²) in [7, 11) is 0. The maximum atomic E-state index is 10.4. The Morgan fingerprint density at radius 2 is 2.57 bits per heavy atom. The van der Waals surface area contributed by atoms with Crippen molar-refractivity contribution in [2.75, 3.05) is 13.1 Å². The lowest BCUT2D eigenvalue weighted by molar-refractivity contribution is -0.0123. The molecule has 1 fully saturated rings. The van der Waals surface area contributed by atoms with Gasteiger partial charge >= 0.3 is 0 Å². The van der Waals surface area contributed by atoms with E-state index >= 15 is 0 Å². The van der Waals surface area contributed by atoms with Gasteiger partial charge in [-0.2, -0.15) is 0 Å². The highest BCUT2D eigenvalue weighted by Crippen LogP contribution is 2.34. The van der Waals surface area contributed by atoms with Gasteiger partial charge in [0, 0.05) is 18.7 Å². The lowest BCUT2D eigenvalue weighted by Crippen LogP contribution is -2.41. The molecule has 0 radical (unpaired) electrons. The van der Waals surface area contributed by atoms with Crippen LogP contribution in [-0.2, 0) is 5.60 Å². The largest absolute Gasteiger partial charge is 0.384 e. The molecule has 2 heterocycles. The molecule has 1 aliphatic heterocycles. The van der Waals surface area contributed by atoms with Gasteiger partial charge < -0.3 is 10.4 Å². The van der Waals surface area contributed by atoms with Crippen LogP contribution in [0.5, 0.6) is 0 Å². The van der Waals surface area contributed by atoms with Crippen molar-refractivity contribution in [1.82, 2.24) is 9.69 Å². The summed E-state index contributed by atoms with van der Waals surface area (Å²) in [6, 6.07) is 1.92. The Morgan fingerprint density at radius 3 is 3.14 bits per heavy atom. The first-order valence-electron chi connectivity index (χ1n) is 5.05. The molecule has 0 aliphatic carbocycles. The lowest BCUT2D eigenvalue weighted by atomic mass is 9.82. The van der Waals surface area contributed by atoms with E-state index in [2.05, 4.69) is 9.69 Å². The molecule has 2 atom stereocenters. The van der Waals surface area contributed by atoms with Gasteiger partial charge in [0.05, 0.1) is 4.88 Å². The molecule has 14 heavy (non-hydrogen) atoms. The van der Waals surface area contributed by atoms with Gasteiger partial charge in [-0.3, -0.25) is 0 Å². The molecule has 1 aliphatic rings. The molecule has 3 nitrogen and oxygen atoms in total. The number of nitrogens with zero attached hydrogens (tertiary/aromatic N) is 1. The first-order valence-corrected chi connectivity index (χ1v) is 5.83. The average molecular weight is 212 g/mol. The third kappa shape index (κ3) is 1.82. The number of nitrogens with one attached hydrogen (secondary N) is 1. The van der Waals surface area contributed by atoms with E-state index in [0.717, 1.165) is 30.8 Å². The first kappa shape index (κ1) is 10.1. The van der Waals surface area contributed by atoms with Crippen LogP contribution >= 0.6 is 11.5 Å². The molecule has 4 heteroatoms. The molecule has 2 N–H and O–H groups in total. The van der Waals surface area contributed by atoms with E-state index in [1.54, 1.807) is 6.20 Å². The SMILES string of the molecule is CC(O)(c1ccns1)C1CCCNC1. The van der Waals surface area contributed by atoms with Crippen LogP contribution in [0.4, 0.5) is 0 Å². The molecular weight excluding hydrogens is 196 g/mol. The lowest BCUT2D eigenvalue weighted by Gasteiger charge is -2.34. The van der Waals surface area contributed by atoms with E-state index in [9.17, 15) is 5.11 Å². The second kappa shape index (κ2) is 3.96. The minimum atomic E-state index is -0.714. The summed E-state index contributed by atoms with van der Waals surface area (Å²) in [6.07, 6.45) is 4.00. The molecular formula is C10H16N2OS. The normalized spacial score (nSPS) is 27.1. The zero-order valence-corrected chi connectivity index (χ0v) is 9.18. The van der Waals surface area contributed by atoms with Crippen molar-refractivity contribution in [3.8, 4) is 0 Å². The standard InChI is InChI=1S/C10H16N2OS/c1-10(13,9-4-6-12-14-9)8-3-2-5-11-7-8/h4,6,8,11,13H,2-3,5,7H2,1H3. The molecule has 0 amide bonds. The van der Waals surface area contributed by atoms with Crippen LogP contribution in [0.2, 0.25) is 0 Å². The fourth-order valence-electron chi connectivity index (χ4n) is 2.01. The van der Waals surface area contributed by atoms with Crippen molar-refractivity contribution in [3.05, 3.63) is 17.1 Å². The van der Waals surface area contributed by atoms with Gasteiger partial charge in [-0.15, -0.1) is 0 Å². The van der Waals surface area contributed by atoms with E-state index < -0.39 is 5.60 Å². The summed E-state index contributed by atoms with van der Waals surface area (Å²) in [6.45, 7) is 3.89. The second-order valence-corrected chi connectivity index (χ2v) is 4.90. The molecule has 0 saturated carbocycles. The minimum Gasteiger partial charge on any atom is -0.384 e. The molecule has 0 spiro atoms. The van der Waals surface area contributed by atoms with Gasteiger partial charge in [0.25, 0.3) is 0 Å². The van der Waals surface area contributed by atoms with E-state index in [-0.39, 0.29) is 0 Å². The predicted octanol–water partition coefficient (Wildman–Crippen LogP) is 1.35. The third-order valence-electron chi connectivity index (χ3n) is 3.03. The Balaban J connectivity index is 2.14. The quantitative estimate of drug-likeness (QED) is 0.778. The Hall–Kier alpha value is -0.450. The van der Waals surface area contributed by atoms with Crippen molar-refractivity contribution < 1.29 is 5.11 Å². The van der Waals surface area contributed by atoms with Gasteiger partial charge in [0.1, 0.15) is 5.60 Å². The number of piperidine rings is 1. The van der Waals surface area contributed by atoms with Crippen LogP contribution in [0.3, 0.4) is 0 Å². The summed E-state index contributed by atoms with van der Waals surface area (Å²) in [5, 5.41) is 13.8. The third-order valence-corrected chi connectivity index (χ3v) is 4.00. The van der Waals surface area contributed by atoms with Crippen LogP contribution in [0.15, 0.2) is 12.3 Å². The highest BCUT2D eigenvalue weighted by molar-refractivity contribution is 7.05. The van der Waals surface area contributed by atoms with E-state index in [0.29, 0.717) is 5.92 Å². The topological polar surface area (TPSA) is 45.2 Å². The molecule has 1 saturated heterocycles. The van der Waals surface area contributed by atoms with E-state index in [1.807, 2.05) is 13.0 Å². The van der Waals surface area contributed by atoms with Crippen molar-refractivity contribution in [1.29, 1.82) is 0 Å².